The fourth-order valence-corrected chi connectivity index (χ4v) is 2.81. The first-order valence-electron chi connectivity index (χ1n) is 6.53. The molecule has 0 aromatic heterocycles. The van der Waals surface area contributed by atoms with Crippen LogP contribution in [0.5, 0.6) is 0 Å². The van der Waals surface area contributed by atoms with Crippen LogP contribution in [0, 0.1) is 5.92 Å². The second kappa shape index (κ2) is 6.34. The average Bonchev–Trinajstić information content (AvgIpc) is 2.39. The van der Waals surface area contributed by atoms with Crippen molar-refractivity contribution < 1.29 is 4.79 Å². The molecule has 2 heteroatoms. The van der Waals surface area contributed by atoms with E-state index in [1.54, 1.807) is 0 Å². The van der Waals surface area contributed by atoms with Crippen LogP contribution >= 0.6 is 15.9 Å². The fraction of sp³-hybridized carbons (Fsp3) is 0.533. The van der Waals surface area contributed by atoms with Crippen molar-refractivity contribution >= 4 is 21.7 Å². The van der Waals surface area contributed by atoms with E-state index >= 15 is 0 Å². The van der Waals surface area contributed by atoms with E-state index < -0.39 is 0 Å². The van der Waals surface area contributed by atoms with Crippen LogP contribution in [-0.2, 0) is 11.2 Å². The van der Waals surface area contributed by atoms with Crippen LogP contribution in [0.15, 0.2) is 28.7 Å². The molecule has 1 nitrogen and oxygen atoms in total. The monoisotopic (exact) mass is 294 g/mol. The molecule has 1 aliphatic rings. The van der Waals surface area contributed by atoms with Crippen molar-refractivity contribution in [3.05, 3.63) is 34.3 Å². The highest BCUT2D eigenvalue weighted by atomic mass is 79.9. The van der Waals surface area contributed by atoms with E-state index in [0.717, 1.165) is 23.7 Å². The summed E-state index contributed by atoms with van der Waals surface area (Å²) < 4.78 is 1.10. The van der Waals surface area contributed by atoms with Gasteiger partial charge in [0.25, 0.3) is 0 Å². The molecule has 0 N–H and O–H groups in total. The first kappa shape index (κ1) is 12.8. The molecule has 0 amide bonds. The molecule has 0 spiro atoms. The predicted molar refractivity (Wildman–Crippen MR) is 74.0 cm³/mol. The summed E-state index contributed by atoms with van der Waals surface area (Å²) in [4.78, 5) is 12.0. The SMILES string of the molecule is O=C(CCc1ccc(Br)cc1)C1CCCCC1. The van der Waals surface area contributed by atoms with E-state index in [-0.39, 0.29) is 0 Å². The highest BCUT2D eigenvalue weighted by Gasteiger charge is 2.20. The lowest BCUT2D eigenvalue weighted by molar-refractivity contribution is -0.123. The molecule has 0 heterocycles. The van der Waals surface area contributed by atoms with Gasteiger partial charge in [-0.1, -0.05) is 47.3 Å². The van der Waals surface area contributed by atoms with Crippen LogP contribution in [0.3, 0.4) is 0 Å². The Labute approximate surface area is 112 Å². The zero-order valence-corrected chi connectivity index (χ0v) is 11.7. The van der Waals surface area contributed by atoms with Crippen LogP contribution in [0.25, 0.3) is 0 Å². The Morgan fingerprint density at radius 2 is 1.76 bits per heavy atom. The van der Waals surface area contributed by atoms with Crippen molar-refractivity contribution in [3.8, 4) is 0 Å². The molecule has 0 unspecified atom stereocenters. The lowest BCUT2D eigenvalue weighted by atomic mass is 9.84. The summed E-state index contributed by atoms with van der Waals surface area (Å²) in [6, 6.07) is 8.28. The molecule has 1 aromatic carbocycles. The summed E-state index contributed by atoms with van der Waals surface area (Å²) in [5, 5.41) is 0. The Morgan fingerprint density at radius 3 is 2.41 bits per heavy atom. The van der Waals surface area contributed by atoms with Gasteiger partial charge in [-0.2, -0.15) is 0 Å². The Bertz CT molecular complexity index is 363. The van der Waals surface area contributed by atoms with Crippen LogP contribution in [0.2, 0.25) is 0 Å². The summed E-state index contributed by atoms with van der Waals surface area (Å²) in [6.45, 7) is 0. The van der Waals surface area contributed by atoms with E-state index in [1.165, 1.54) is 24.8 Å². The molecule has 1 saturated carbocycles. The zero-order valence-electron chi connectivity index (χ0n) is 10.1. The van der Waals surface area contributed by atoms with E-state index in [1.807, 2.05) is 12.1 Å². The number of rotatable bonds is 4. The molecule has 0 saturated heterocycles. The molecular weight excluding hydrogens is 276 g/mol. The summed E-state index contributed by atoms with van der Waals surface area (Å²) in [5.74, 6) is 0.840. The third kappa shape index (κ3) is 3.95. The Hall–Kier alpha value is -0.630. The standard InChI is InChI=1S/C15H19BrO/c16-14-9-6-12(7-10-14)8-11-15(17)13-4-2-1-3-5-13/h6-7,9-10,13H,1-5,8,11H2. The summed E-state index contributed by atoms with van der Waals surface area (Å²) in [6.07, 6.45) is 7.66. The average molecular weight is 295 g/mol. The van der Waals surface area contributed by atoms with E-state index in [4.69, 9.17) is 0 Å². The quantitative estimate of drug-likeness (QED) is 0.797. The molecule has 1 fully saturated rings. The van der Waals surface area contributed by atoms with Gasteiger partial charge in [0.1, 0.15) is 5.78 Å². The number of hydrogen-bond donors (Lipinski definition) is 0. The van der Waals surface area contributed by atoms with Gasteiger partial charge in [0, 0.05) is 16.8 Å². The minimum absolute atomic E-state index is 0.360. The van der Waals surface area contributed by atoms with Gasteiger partial charge in [-0.3, -0.25) is 4.79 Å². The summed E-state index contributed by atoms with van der Waals surface area (Å²) in [7, 11) is 0. The molecule has 0 radical (unpaired) electrons. The maximum Gasteiger partial charge on any atom is 0.136 e. The number of hydrogen-bond acceptors (Lipinski definition) is 1. The smallest absolute Gasteiger partial charge is 0.136 e. The normalized spacial score (nSPS) is 17.0. The van der Waals surface area contributed by atoms with Crippen LogP contribution in [0.1, 0.15) is 44.1 Å². The lowest BCUT2D eigenvalue weighted by Crippen LogP contribution is -2.18. The van der Waals surface area contributed by atoms with Gasteiger partial charge in [0.05, 0.1) is 0 Å². The molecule has 17 heavy (non-hydrogen) atoms. The van der Waals surface area contributed by atoms with Gasteiger partial charge in [0.2, 0.25) is 0 Å². The van der Waals surface area contributed by atoms with Crippen molar-refractivity contribution in [2.45, 2.75) is 44.9 Å². The van der Waals surface area contributed by atoms with Crippen molar-refractivity contribution in [2.75, 3.05) is 0 Å². The van der Waals surface area contributed by atoms with Crippen LogP contribution < -0.4 is 0 Å². The van der Waals surface area contributed by atoms with Gasteiger partial charge >= 0.3 is 0 Å². The fourth-order valence-electron chi connectivity index (χ4n) is 2.55. The van der Waals surface area contributed by atoms with Gasteiger partial charge in [-0.15, -0.1) is 0 Å². The van der Waals surface area contributed by atoms with Gasteiger partial charge < -0.3 is 0 Å². The minimum Gasteiger partial charge on any atom is -0.299 e. The second-order valence-corrected chi connectivity index (χ2v) is 5.84. The molecular formula is C15H19BrO. The second-order valence-electron chi connectivity index (χ2n) is 4.93. The number of aryl methyl sites for hydroxylation is 1. The minimum atomic E-state index is 0.360. The van der Waals surface area contributed by atoms with Crippen molar-refractivity contribution in [1.82, 2.24) is 0 Å². The first-order valence-corrected chi connectivity index (χ1v) is 7.32. The van der Waals surface area contributed by atoms with Crippen molar-refractivity contribution in [2.24, 2.45) is 5.92 Å². The molecule has 92 valence electrons. The number of carbonyl (C=O) groups excluding carboxylic acids is 1. The number of ketones is 1. The third-order valence-corrected chi connectivity index (χ3v) is 4.16. The number of Topliss-reactive ketones (excluding diaryl/α,β-unsaturated/α-hetero) is 1. The number of carbonyl (C=O) groups is 1. The molecule has 0 bridgehead atoms. The zero-order chi connectivity index (χ0) is 12.1. The topological polar surface area (TPSA) is 17.1 Å². The Kier molecular flexibility index (Phi) is 4.78. The van der Waals surface area contributed by atoms with E-state index in [2.05, 4.69) is 28.1 Å². The number of halogens is 1. The highest BCUT2D eigenvalue weighted by molar-refractivity contribution is 9.10. The third-order valence-electron chi connectivity index (χ3n) is 3.63. The highest BCUT2D eigenvalue weighted by Crippen LogP contribution is 2.25. The largest absolute Gasteiger partial charge is 0.299 e. The van der Waals surface area contributed by atoms with Crippen LogP contribution in [0.4, 0.5) is 0 Å². The van der Waals surface area contributed by atoms with Gasteiger partial charge in [-0.25, -0.2) is 0 Å². The van der Waals surface area contributed by atoms with Gasteiger partial charge in [-0.05, 0) is 37.0 Å². The molecule has 1 aliphatic carbocycles. The van der Waals surface area contributed by atoms with Crippen molar-refractivity contribution in [1.29, 1.82) is 0 Å². The first-order chi connectivity index (χ1) is 8.25. The molecule has 1 aromatic rings. The molecule has 0 atom stereocenters. The van der Waals surface area contributed by atoms with E-state index in [0.29, 0.717) is 18.1 Å². The van der Waals surface area contributed by atoms with E-state index in [9.17, 15) is 4.79 Å². The maximum atomic E-state index is 12.0. The number of benzene rings is 1. The summed E-state index contributed by atoms with van der Waals surface area (Å²) >= 11 is 3.42. The Balaban J connectivity index is 1.81. The van der Waals surface area contributed by atoms with Gasteiger partial charge in [0.15, 0.2) is 0 Å². The molecule has 2 rings (SSSR count). The summed E-state index contributed by atoms with van der Waals surface area (Å²) in [5.41, 5.74) is 1.26. The maximum absolute atomic E-state index is 12.0. The molecule has 0 aliphatic heterocycles. The van der Waals surface area contributed by atoms with Crippen molar-refractivity contribution in [3.63, 3.8) is 0 Å². The lowest BCUT2D eigenvalue weighted by Gasteiger charge is -2.20. The van der Waals surface area contributed by atoms with Crippen LogP contribution in [-0.4, -0.2) is 5.78 Å². The Morgan fingerprint density at radius 1 is 1.12 bits per heavy atom. The predicted octanol–water partition coefficient (Wildman–Crippen LogP) is 4.53.